The molecule has 1 aromatic rings. The van der Waals surface area contributed by atoms with Gasteiger partial charge < -0.3 is 4.90 Å². The molecule has 0 amide bonds. The quantitative estimate of drug-likeness (QED) is 0.775. The Labute approximate surface area is 99.8 Å². The maximum absolute atomic E-state index is 4.49. The predicted octanol–water partition coefficient (Wildman–Crippen LogP) is 3.53. The fourth-order valence-electron chi connectivity index (χ4n) is 2.14. The molecule has 82 valence electrons. The van der Waals surface area contributed by atoms with Crippen LogP contribution in [0.1, 0.15) is 31.7 Å². The second-order valence-corrected chi connectivity index (χ2v) is 5.10. The zero-order chi connectivity index (χ0) is 10.8. The summed E-state index contributed by atoms with van der Waals surface area (Å²) in [6.07, 6.45) is 5.81. The smallest absolute Gasteiger partial charge is 0.143 e. The SMILES string of the molecule is Cc1ccnc(N2CCCCC2C)c1Br. The van der Waals surface area contributed by atoms with Crippen molar-refractivity contribution in [2.24, 2.45) is 0 Å². The molecule has 0 saturated carbocycles. The number of aromatic nitrogens is 1. The van der Waals surface area contributed by atoms with Crippen molar-refractivity contribution in [2.45, 2.75) is 39.2 Å². The molecule has 1 atom stereocenters. The van der Waals surface area contributed by atoms with Gasteiger partial charge in [0.1, 0.15) is 5.82 Å². The summed E-state index contributed by atoms with van der Waals surface area (Å²) in [7, 11) is 0. The van der Waals surface area contributed by atoms with Crippen LogP contribution < -0.4 is 4.90 Å². The number of aryl methyl sites for hydroxylation is 1. The van der Waals surface area contributed by atoms with E-state index < -0.39 is 0 Å². The molecular weight excluding hydrogens is 252 g/mol. The molecule has 0 aromatic carbocycles. The van der Waals surface area contributed by atoms with Crippen LogP contribution in [0, 0.1) is 6.92 Å². The summed E-state index contributed by atoms with van der Waals surface area (Å²) in [5.74, 6) is 1.11. The molecule has 0 spiro atoms. The van der Waals surface area contributed by atoms with Crippen molar-refractivity contribution in [3.63, 3.8) is 0 Å². The van der Waals surface area contributed by atoms with Crippen molar-refractivity contribution < 1.29 is 0 Å². The molecule has 2 rings (SSSR count). The minimum atomic E-state index is 0.615. The fourth-order valence-corrected chi connectivity index (χ4v) is 2.60. The summed E-state index contributed by atoms with van der Waals surface area (Å²) in [4.78, 5) is 6.91. The van der Waals surface area contributed by atoms with E-state index in [9.17, 15) is 0 Å². The third-order valence-electron chi connectivity index (χ3n) is 3.14. The molecule has 1 saturated heterocycles. The molecule has 3 heteroatoms. The Hall–Kier alpha value is -0.570. The third-order valence-corrected chi connectivity index (χ3v) is 4.12. The van der Waals surface area contributed by atoms with E-state index in [1.165, 1.54) is 24.8 Å². The van der Waals surface area contributed by atoms with E-state index >= 15 is 0 Å². The first-order valence-corrected chi connectivity index (χ1v) is 6.37. The normalized spacial score (nSPS) is 21.8. The summed E-state index contributed by atoms with van der Waals surface area (Å²) in [5, 5.41) is 0. The van der Waals surface area contributed by atoms with Gasteiger partial charge in [0, 0.05) is 18.8 Å². The van der Waals surface area contributed by atoms with Crippen LogP contribution in [0.2, 0.25) is 0 Å². The summed E-state index contributed by atoms with van der Waals surface area (Å²) >= 11 is 3.64. The maximum atomic E-state index is 4.49. The number of hydrogen-bond donors (Lipinski definition) is 0. The fraction of sp³-hybridized carbons (Fsp3) is 0.583. The number of piperidine rings is 1. The molecule has 1 aliphatic rings. The van der Waals surface area contributed by atoms with Crippen molar-refractivity contribution >= 4 is 21.7 Å². The van der Waals surface area contributed by atoms with Gasteiger partial charge in [0.05, 0.1) is 4.47 Å². The number of halogens is 1. The molecule has 0 N–H and O–H groups in total. The van der Waals surface area contributed by atoms with Gasteiger partial charge in [0.25, 0.3) is 0 Å². The van der Waals surface area contributed by atoms with Crippen LogP contribution in [0.15, 0.2) is 16.7 Å². The van der Waals surface area contributed by atoms with Crippen molar-refractivity contribution in [3.05, 3.63) is 22.3 Å². The highest BCUT2D eigenvalue weighted by Gasteiger charge is 2.21. The van der Waals surface area contributed by atoms with E-state index in [4.69, 9.17) is 0 Å². The molecule has 2 nitrogen and oxygen atoms in total. The lowest BCUT2D eigenvalue weighted by Gasteiger charge is -2.35. The molecule has 0 bridgehead atoms. The Kier molecular flexibility index (Phi) is 3.29. The molecule has 1 fully saturated rings. The summed E-state index contributed by atoms with van der Waals surface area (Å²) in [6, 6.07) is 2.66. The zero-order valence-corrected chi connectivity index (χ0v) is 10.9. The Balaban J connectivity index is 2.31. The van der Waals surface area contributed by atoms with Gasteiger partial charge in [-0.2, -0.15) is 0 Å². The highest BCUT2D eigenvalue weighted by Crippen LogP contribution is 2.31. The van der Waals surface area contributed by atoms with Crippen LogP contribution in [0.5, 0.6) is 0 Å². The van der Waals surface area contributed by atoms with Crippen LogP contribution in [-0.4, -0.2) is 17.6 Å². The molecule has 0 aliphatic carbocycles. The monoisotopic (exact) mass is 268 g/mol. The second-order valence-electron chi connectivity index (χ2n) is 4.30. The Morgan fingerprint density at radius 2 is 2.27 bits per heavy atom. The lowest BCUT2D eigenvalue weighted by Crippen LogP contribution is -2.38. The molecule has 1 unspecified atom stereocenters. The summed E-state index contributed by atoms with van der Waals surface area (Å²) < 4.78 is 1.15. The van der Waals surface area contributed by atoms with Gasteiger partial charge in [0.15, 0.2) is 0 Å². The minimum Gasteiger partial charge on any atom is -0.353 e. The number of nitrogens with zero attached hydrogens (tertiary/aromatic N) is 2. The van der Waals surface area contributed by atoms with E-state index in [1.54, 1.807) is 0 Å². The molecule has 0 radical (unpaired) electrons. The summed E-state index contributed by atoms with van der Waals surface area (Å²) in [5.41, 5.74) is 1.26. The van der Waals surface area contributed by atoms with Gasteiger partial charge in [-0.15, -0.1) is 0 Å². The average molecular weight is 269 g/mol. The topological polar surface area (TPSA) is 16.1 Å². The highest BCUT2D eigenvalue weighted by atomic mass is 79.9. The largest absolute Gasteiger partial charge is 0.353 e. The van der Waals surface area contributed by atoms with Gasteiger partial charge in [-0.05, 0) is 60.7 Å². The number of hydrogen-bond acceptors (Lipinski definition) is 2. The first-order chi connectivity index (χ1) is 7.20. The maximum Gasteiger partial charge on any atom is 0.143 e. The lowest BCUT2D eigenvalue weighted by molar-refractivity contribution is 0.480. The van der Waals surface area contributed by atoms with E-state index in [0.29, 0.717) is 6.04 Å². The first kappa shape index (κ1) is 10.9. The van der Waals surface area contributed by atoms with Gasteiger partial charge in [-0.3, -0.25) is 0 Å². The van der Waals surface area contributed by atoms with Crippen molar-refractivity contribution in [1.29, 1.82) is 0 Å². The van der Waals surface area contributed by atoms with E-state index in [1.807, 2.05) is 12.3 Å². The number of pyridine rings is 1. The van der Waals surface area contributed by atoms with Crippen LogP contribution in [0.4, 0.5) is 5.82 Å². The van der Waals surface area contributed by atoms with Gasteiger partial charge in [-0.1, -0.05) is 0 Å². The molecule has 1 aliphatic heterocycles. The highest BCUT2D eigenvalue weighted by molar-refractivity contribution is 9.10. The van der Waals surface area contributed by atoms with Gasteiger partial charge in [-0.25, -0.2) is 4.98 Å². The Bertz CT molecular complexity index is 351. The van der Waals surface area contributed by atoms with Crippen molar-refractivity contribution in [1.82, 2.24) is 4.98 Å². The van der Waals surface area contributed by atoms with Crippen molar-refractivity contribution in [3.8, 4) is 0 Å². The zero-order valence-electron chi connectivity index (χ0n) is 9.33. The van der Waals surface area contributed by atoms with Crippen LogP contribution in [0.3, 0.4) is 0 Å². The standard InChI is InChI=1S/C12H17BrN2/c1-9-6-7-14-12(11(9)13)15-8-4-3-5-10(15)2/h6-7,10H,3-5,8H2,1-2H3. The average Bonchev–Trinajstić information content (AvgIpc) is 2.23. The predicted molar refractivity (Wildman–Crippen MR) is 67.3 cm³/mol. The van der Waals surface area contributed by atoms with E-state index in [-0.39, 0.29) is 0 Å². The third kappa shape index (κ3) is 2.17. The second kappa shape index (κ2) is 4.52. The summed E-state index contributed by atoms with van der Waals surface area (Å²) in [6.45, 7) is 5.54. The number of rotatable bonds is 1. The molecule has 1 aromatic heterocycles. The Morgan fingerprint density at radius 3 is 3.00 bits per heavy atom. The van der Waals surface area contributed by atoms with Crippen LogP contribution in [-0.2, 0) is 0 Å². The van der Waals surface area contributed by atoms with Crippen molar-refractivity contribution in [2.75, 3.05) is 11.4 Å². The number of anilines is 1. The van der Waals surface area contributed by atoms with Gasteiger partial charge >= 0.3 is 0 Å². The molecular formula is C12H17BrN2. The molecule has 2 heterocycles. The molecule has 15 heavy (non-hydrogen) atoms. The Morgan fingerprint density at radius 1 is 1.47 bits per heavy atom. The van der Waals surface area contributed by atoms with Gasteiger partial charge in [0.2, 0.25) is 0 Å². The van der Waals surface area contributed by atoms with Crippen LogP contribution in [0.25, 0.3) is 0 Å². The van der Waals surface area contributed by atoms with E-state index in [0.717, 1.165) is 16.8 Å². The first-order valence-electron chi connectivity index (χ1n) is 5.58. The van der Waals surface area contributed by atoms with E-state index in [2.05, 4.69) is 39.7 Å². The minimum absolute atomic E-state index is 0.615. The lowest BCUT2D eigenvalue weighted by atomic mass is 10.0. The van der Waals surface area contributed by atoms with Crippen LogP contribution >= 0.6 is 15.9 Å².